The number of ether oxygens (including phenoxy) is 1. The standard InChI is InChI=1S/C24H32N2O/c1-3-7-21(8-4-1)19-26(20-22-9-5-2-6-10-22)24-13-11-23(12-14-24)25-15-17-27-18-16-25/h1-10,23-24H,11-20H2. The second-order valence-corrected chi connectivity index (χ2v) is 7.99. The fourth-order valence-electron chi connectivity index (χ4n) is 4.68. The fraction of sp³-hybridized carbons (Fsp3) is 0.500. The zero-order valence-electron chi connectivity index (χ0n) is 16.3. The van der Waals surface area contributed by atoms with Crippen molar-refractivity contribution in [3.05, 3.63) is 71.8 Å². The van der Waals surface area contributed by atoms with Gasteiger partial charge in [-0.1, -0.05) is 60.7 Å². The Morgan fingerprint density at radius 1 is 0.741 bits per heavy atom. The summed E-state index contributed by atoms with van der Waals surface area (Å²) in [6.45, 7) is 6.15. The van der Waals surface area contributed by atoms with Gasteiger partial charge in [0.2, 0.25) is 0 Å². The Morgan fingerprint density at radius 3 is 1.78 bits per heavy atom. The number of benzene rings is 2. The van der Waals surface area contributed by atoms with Crippen molar-refractivity contribution in [2.75, 3.05) is 26.3 Å². The second kappa shape index (κ2) is 9.50. The van der Waals surface area contributed by atoms with Crippen LogP contribution in [0.1, 0.15) is 36.8 Å². The normalized spacial score (nSPS) is 24.2. The molecule has 27 heavy (non-hydrogen) atoms. The molecule has 3 nitrogen and oxygen atoms in total. The molecule has 1 saturated carbocycles. The molecule has 2 aromatic carbocycles. The zero-order chi connectivity index (χ0) is 18.3. The number of rotatable bonds is 6. The van der Waals surface area contributed by atoms with Gasteiger partial charge in [-0.3, -0.25) is 9.80 Å². The van der Waals surface area contributed by atoms with Crippen LogP contribution in [0.2, 0.25) is 0 Å². The van der Waals surface area contributed by atoms with Crippen LogP contribution in [0.4, 0.5) is 0 Å². The van der Waals surface area contributed by atoms with Crippen LogP contribution in [0.3, 0.4) is 0 Å². The summed E-state index contributed by atoms with van der Waals surface area (Å²) in [5.41, 5.74) is 2.84. The van der Waals surface area contributed by atoms with Crippen LogP contribution in [0.15, 0.2) is 60.7 Å². The van der Waals surface area contributed by atoms with Gasteiger partial charge >= 0.3 is 0 Å². The molecule has 0 N–H and O–H groups in total. The maximum Gasteiger partial charge on any atom is 0.0594 e. The molecule has 0 amide bonds. The molecule has 1 heterocycles. The molecular formula is C24H32N2O. The largest absolute Gasteiger partial charge is 0.379 e. The van der Waals surface area contributed by atoms with Crippen molar-refractivity contribution in [1.29, 1.82) is 0 Å². The fourth-order valence-corrected chi connectivity index (χ4v) is 4.68. The van der Waals surface area contributed by atoms with Gasteiger partial charge in [0.15, 0.2) is 0 Å². The molecule has 0 spiro atoms. The molecule has 2 aromatic rings. The third-order valence-electron chi connectivity index (χ3n) is 6.20. The predicted molar refractivity (Wildman–Crippen MR) is 111 cm³/mol. The summed E-state index contributed by atoms with van der Waals surface area (Å²) in [4.78, 5) is 5.37. The van der Waals surface area contributed by atoms with Crippen LogP contribution in [0, 0.1) is 0 Å². The average molecular weight is 365 g/mol. The van der Waals surface area contributed by atoms with E-state index in [0.717, 1.165) is 45.4 Å². The van der Waals surface area contributed by atoms with E-state index in [-0.39, 0.29) is 0 Å². The summed E-state index contributed by atoms with van der Waals surface area (Å²) < 4.78 is 5.53. The van der Waals surface area contributed by atoms with E-state index < -0.39 is 0 Å². The molecule has 1 saturated heterocycles. The van der Waals surface area contributed by atoms with Crippen LogP contribution in [-0.2, 0) is 17.8 Å². The van der Waals surface area contributed by atoms with E-state index in [9.17, 15) is 0 Å². The third-order valence-corrected chi connectivity index (χ3v) is 6.20. The van der Waals surface area contributed by atoms with Gasteiger partial charge in [-0.2, -0.15) is 0 Å². The van der Waals surface area contributed by atoms with Crippen LogP contribution >= 0.6 is 0 Å². The van der Waals surface area contributed by atoms with Gasteiger partial charge in [-0.15, -0.1) is 0 Å². The minimum atomic E-state index is 0.683. The molecule has 144 valence electrons. The van der Waals surface area contributed by atoms with E-state index in [1.54, 1.807) is 0 Å². The van der Waals surface area contributed by atoms with Gasteiger partial charge in [-0.25, -0.2) is 0 Å². The highest BCUT2D eigenvalue weighted by molar-refractivity contribution is 5.17. The minimum Gasteiger partial charge on any atom is -0.379 e. The van der Waals surface area contributed by atoms with Crippen molar-refractivity contribution in [3.63, 3.8) is 0 Å². The van der Waals surface area contributed by atoms with Crippen LogP contribution < -0.4 is 0 Å². The van der Waals surface area contributed by atoms with Gasteiger partial charge in [0.05, 0.1) is 13.2 Å². The van der Waals surface area contributed by atoms with Gasteiger partial charge in [0.25, 0.3) is 0 Å². The second-order valence-electron chi connectivity index (χ2n) is 7.99. The molecule has 1 aliphatic heterocycles. The predicted octanol–water partition coefficient (Wildman–Crippen LogP) is 4.33. The molecule has 0 bridgehead atoms. The summed E-state index contributed by atoms with van der Waals surface area (Å²) in [6.07, 6.45) is 5.26. The molecule has 0 atom stereocenters. The highest BCUT2D eigenvalue weighted by Gasteiger charge is 2.29. The first kappa shape index (κ1) is 18.7. The lowest BCUT2D eigenvalue weighted by Gasteiger charge is -2.42. The Morgan fingerprint density at radius 2 is 1.26 bits per heavy atom. The van der Waals surface area contributed by atoms with E-state index in [0.29, 0.717) is 6.04 Å². The van der Waals surface area contributed by atoms with Gasteiger partial charge in [-0.05, 0) is 36.8 Å². The summed E-state index contributed by atoms with van der Waals surface area (Å²) in [5, 5.41) is 0. The maximum absolute atomic E-state index is 5.53. The average Bonchev–Trinajstić information content (AvgIpc) is 2.76. The summed E-state index contributed by atoms with van der Waals surface area (Å²) in [5.74, 6) is 0. The molecule has 3 heteroatoms. The maximum atomic E-state index is 5.53. The Kier molecular flexibility index (Phi) is 6.57. The van der Waals surface area contributed by atoms with E-state index >= 15 is 0 Å². The van der Waals surface area contributed by atoms with Crippen molar-refractivity contribution < 1.29 is 4.74 Å². The minimum absolute atomic E-state index is 0.683. The smallest absolute Gasteiger partial charge is 0.0594 e. The summed E-state index contributed by atoms with van der Waals surface area (Å²) >= 11 is 0. The van der Waals surface area contributed by atoms with Crippen molar-refractivity contribution in [3.8, 4) is 0 Å². The molecule has 2 aliphatic rings. The Bertz CT molecular complexity index is 620. The summed E-state index contributed by atoms with van der Waals surface area (Å²) in [7, 11) is 0. The van der Waals surface area contributed by atoms with Crippen LogP contribution in [0.25, 0.3) is 0 Å². The molecule has 0 unspecified atom stereocenters. The quantitative estimate of drug-likeness (QED) is 0.759. The first-order valence-corrected chi connectivity index (χ1v) is 10.5. The molecule has 2 fully saturated rings. The highest BCUT2D eigenvalue weighted by atomic mass is 16.5. The Balaban J connectivity index is 1.40. The lowest BCUT2D eigenvalue weighted by atomic mass is 9.88. The molecule has 0 aromatic heterocycles. The zero-order valence-corrected chi connectivity index (χ0v) is 16.3. The number of hydrogen-bond donors (Lipinski definition) is 0. The lowest BCUT2D eigenvalue weighted by molar-refractivity contribution is -0.000304. The third kappa shape index (κ3) is 5.19. The van der Waals surface area contributed by atoms with Crippen LogP contribution in [0.5, 0.6) is 0 Å². The topological polar surface area (TPSA) is 15.7 Å². The summed E-state index contributed by atoms with van der Waals surface area (Å²) in [6, 6.07) is 23.3. The Hall–Kier alpha value is -1.68. The van der Waals surface area contributed by atoms with Gasteiger partial charge in [0.1, 0.15) is 0 Å². The SMILES string of the molecule is c1ccc(CN(Cc2ccccc2)C2CCC(N3CCOCC3)CC2)cc1. The molecule has 1 aliphatic carbocycles. The van der Waals surface area contributed by atoms with Gasteiger partial charge < -0.3 is 4.74 Å². The van der Waals surface area contributed by atoms with Crippen molar-refractivity contribution >= 4 is 0 Å². The van der Waals surface area contributed by atoms with Crippen molar-refractivity contribution in [1.82, 2.24) is 9.80 Å². The van der Waals surface area contributed by atoms with Gasteiger partial charge in [0, 0.05) is 38.3 Å². The number of nitrogens with zero attached hydrogens (tertiary/aromatic N) is 2. The Labute approximate surface area is 163 Å². The highest BCUT2D eigenvalue weighted by Crippen LogP contribution is 2.29. The van der Waals surface area contributed by atoms with E-state index in [4.69, 9.17) is 4.74 Å². The number of hydrogen-bond acceptors (Lipinski definition) is 3. The number of morpholine rings is 1. The molecule has 0 radical (unpaired) electrons. The lowest BCUT2D eigenvalue weighted by Crippen LogP contribution is -2.47. The van der Waals surface area contributed by atoms with E-state index in [2.05, 4.69) is 70.5 Å². The first-order valence-electron chi connectivity index (χ1n) is 10.5. The van der Waals surface area contributed by atoms with Crippen LogP contribution in [-0.4, -0.2) is 48.2 Å². The molecule has 4 rings (SSSR count). The van der Waals surface area contributed by atoms with Crippen molar-refractivity contribution in [2.45, 2.75) is 50.9 Å². The molecular weight excluding hydrogens is 332 g/mol. The van der Waals surface area contributed by atoms with Crippen molar-refractivity contribution in [2.24, 2.45) is 0 Å². The van der Waals surface area contributed by atoms with E-state index in [1.807, 2.05) is 0 Å². The monoisotopic (exact) mass is 364 g/mol. The van der Waals surface area contributed by atoms with E-state index in [1.165, 1.54) is 36.8 Å². The first-order chi connectivity index (χ1) is 13.4.